The van der Waals surface area contributed by atoms with E-state index < -0.39 is 5.97 Å². The zero-order chi connectivity index (χ0) is 14.8. The van der Waals surface area contributed by atoms with Crippen LogP contribution >= 0.6 is 0 Å². The van der Waals surface area contributed by atoms with Crippen LogP contribution in [0.5, 0.6) is 0 Å². The first-order valence-corrected chi connectivity index (χ1v) is 6.57. The van der Waals surface area contributed by atoms with Crippen molar-refractivity contribution in [2.75, 3.05) is 7.11 Å². The monoisotopic (exact) mass is 269 g/mol. The Morgan fingerprint density at radius 2 is 1.60 bits per heavy atom. The standard InChI is InChI=1S/C17H19NO2/c1-17(2,3)14-8-5-12(6-9-14)13-7-10-15(18-11-13)16(19)20-4/h5-11H,1-4H3. The lowest BCUT2D eigenvalue weighted by atomic mass is 9.86. The quantitative estimate of drug-likeness (QED) is 0.778. The van der Waals surface area contributed by atoms with Gasteiger partial charge in [0.25, 0.3) is 0 Å². The van der Waals surface area contributed by atoms with Gasteiger partial charge in [-0.05, 0) is 22.6 Å². The normalized spacial score (nSPS) is 11.2. The van der Waals surface area contributed by atoms with E-state index in [1.54, 1.807) is 12.3 Å². The number of hydrogen-bond donors (Lipinski definition) is 0. The molecule has 3 heteroatoms. The molecule has 0 unspecified atom stereocenters. The van der Waals surface area contributed by atoms with Gasteiger partial charge in [0.1, 0.15) is 5.69 Å². The van der Waals surface area contributed by atoms with Gasteiger partial charge in [0.05, 0.1) is 7.11 Å². The molecule has 0 atom stereocenters. The molecule has 3 nitrogen and oxygen atoms in total. The molecule has 0 aliphatic carbocycles. The lowest BCUT2D eigenvalue weighted by Gasteiger charge is -2.19. The van der Waals surface area contributed by atoms with E-state index in [1.165, 1.54) is 12.7 Å². The predicted molar refractivity (Wildman–Crippen MR) is 79.7 cm³/mol. The molecule has 104 valence electrons. The Balaban J connectivity index is 2.26. The molecule has 1 heterocycles. The van der Waals surface area contributed by atoms with Gasteiger partial charge < -0.3 is 4.74 Å². The van der Waals surface area contributed by atoms with Crippen LogP contribution in [-0.2, 0) is 10.2 Å². The number of carbonyl (C=O) groups is 1. The SMILES string of the molecule is COC(=O)c1ccc(-c2ccc(C(C)(C)C)cc2)cn1. The second-order valence-electron chi connectivity index (χ2n) is 5.75. The number of pyridine rings is 1. The van der Waals surface area contributed by atoms with Gasteiger partial charge in [-0.3, -0.25) is 0 Å². The van der Waals surface area contributed by atoms with Gasteiger partial charge in [-0.2, -0.15) is 0 Å². The molecule has 0 fully saturated rings. The van der Waals surface area contributed by atoms with E-state index in [0.29, 0.717) is 5.69 Å². The van der Waals surface area contributed by atoms with Crippen LogP contribution in [0.3, 0.4) is 0 Å². The van der Waals surface area contributed by atoms with E-state index in [4.69, 9.17) is 0 Å². The van der Waals surface area contributed by atoms with Gasteiger partial charge in [-0.1, -0.05) is 51.1 Å². The summed E-state index contributed by atoms with van der Waals surface area (Å²) in [5.41, 5.74) is 3.83. The van der Waals surface area contributed by atoms with Crippen LogP contribution in [0.2, 0.25) is 0 Å². The highest BCUT2D eigenvalue weighted by Gasteiger charge is 2.13. The summed E-state index contributed by atoms with van der Waals surface area (Å²) in [6.45, 7) is 6.57. The third kappa shape index (κ3) is 3.05. The maximum Gasteiger partial charge on any atom is 0.356 e. The van der Waals surface area contributed by atoms with Crippen molar-refractivity contribution in [1.29, 1.82) is 0 Å². The van der Waals surface area contributed by atoms with Crippen LogP contribution in [0.1, 0.15) is 36.8 Å². The number of hydrogen-bond acceptors (Lipinski definition) is 3. The van der Waals surface area contributed by atoms with E-state index in [1.807, 2.05) is 6.07 Å². The summed E-state index contributed by atoms with van der Waals surface area (Å²) in [5, 5.41) is 0. The highest BCUT2D eigenvalue weighted by molar-refractivity contribution is 5.87. The van der Waals surface area contributed by atoms with Crippen LogP contribution in [0.15, 0.2) is 42.6 Å². The highest BCUT2D eigenvalue weighted by atomic mass is 16.5. The molecule has 0 bridgehead atoms. The van der Waals surface area contributed by atoms with Crippen molar-refractivity contribution in [3.8, 4) is 11.1 Å². The number of nitrogens with zero attached hydrogens (tertiary/aromatic N) is 1. The fraction of sp³-hybridized carbons (Fsp3) is 0.294. The van der Waals surface area contributed by atoms with Crippen molar-refractivity contribution in [2.24, 2.45) is 0 Å². The minimum Gasteiger partial charge on any atom is -0.464 e. The Labute approximate surface area is 119 Å². The minimum absolute atomic E-state index is 0.144. The number of methoxy groups -OCH3 is 1. The summed E-state index contributed by atoms with van der Waals surface area (Å²) in [6.07, 6.45) is 1.69. The van der Waals surface area contributed by atoms with E-state index in [9.17, 15) is 4.79 Å². The Bertz CT molecular complexity index is 592. The summed E-state index contributed by atoms with van der Waals surface area (Å²) in [5.74, 6) is -0.417. The van der Waals surface area contributed by atoms with Crippen molar-refractivity contribution in [1.82, 2.24) is 4.98 Å². The molecule has 1 aromatic heterocycles. The first-order valence-electron chi connectivity index (χ1n) is 6.57. The molecule has 2 aromatic rings. The average molecular weight is 269 g/mol. The molecule has 0 N–H and O–H groups in total. The molecule has 0 amide bonds. The zero-order valence-corrected chi connectivity index (χ0v) is 12.3. The first-order chi connectivity index (χ1) is 9.41. The number of benzene rings is 1. The van der Waals surface area contributed by atoms with Crippen molar-refractivity contribution < 1.29 is 9.53 Å². The third-order valence-corrected chi connectivity index (χ3v) is 3.24. The molecule has 0 radical (unpaired) electrons. The second kappa shape index (κ2) is 5.45. The summed E-state index contributed by atoms with van der Waals surface area (Å²) < 4.78 is 4.63. The van der Waals surface area contributed by atoms with Gasteiger partial charge in [0.15, 0.2) is 0 Å². The predicted octanol–water partition coefficient (Wildman–Crippen LogP) is 3.83. The maximum atomic E-state index is 11.3. The third-order valence-electron chi connectivity index (χ3n) is 3.24. The summed E-state index contributed by atoms with van der Waals surface area (Å²) >= 11 is 0. The molecule has 0 saturated heterocycles. The zero-order valence-electron chi connectivity index (χ0n) is 12.3. The van der Waals surface area contributed by atoms with Gasteiger partial charge in [-0.25, -0.2) is 9.78 Å². The number of carbonyl (C=O) groups excluding carboxylic acids is 1. The Kier molecular flexibility index (Phi) is 3.89. The first kappa shape index (κ1) is 14.3. The molecular weight excluding hydrogens is 250 g/mol. The van der Waals surface area contributed by atoms with Crippen LogP contribution in [0, 0.1) is 0 Å². The van der Waals surface area contributed by atoms with E-state index in [0.717, 1.165) is 11.1 Å². The van der Waals surface area contributed by atoms with Gasteiger partial charge in [-0.15, -0.1) is 0 Å². The molecule has 0 spiro atoms. The van der Waals surface area contributed by atoms with Crippen LogP contribution in [0.25, 0.3) is 11.1 Å². The number of aromatic nitrogens is 1. The minimum atomic E-state index is -0.417. The van der Waals surface area contributed by atoms with Crippen molar-refractivity contribution in [3.63, 3.8) is 0 Å². The van der Waals surface area contributed by atoms with Crippen molar-refractivity contribution in [2.45, 2.75) is 26.2 Å². The molecule has 0 aliphatic heterocycles. The van der Waals surface area contributed by atoms with Crippen molar-refractivity contribution >= 4 is 5.97 Å². The fourth-order valence-corrected chi connectivity index (χ4v) is 1.95. The number of esters is 1. The molecule has 0 aliphatic rings. The molecule has 2 rings (SSSR count). The topological polar surface area (TPSA) is 39.2 Å². The largest absolute Gasteiger partial charge is 0.464 e. The van der Waals surface area contributed by atoms with Gasteiger partial charge in [0.2, 0.25) is 0 Å². The molecule has 1 aromatic carbocycles. The van der Waals surface area contributed by atoms with E-state index >= 15 is 0 Å². The Morgan fingerprint density at radius 3 is 2.05 bits per heavy atom. The second-order valence-corrected chi connectivity index (χ2v) is 5.75. The molecule has 20 heavy (non-hydrogen) atoms. The van der Waals surface area contributed by atoms with Crippen LogP contribution < -0.4 is 0 Å². The maximum absolute atomic E-state index is 11.3. The van der Waals surface area contributed by atoms with Crippen LogP contribution in [0.4, 0.5) is 0 Å². The molecule has 0 saturated carbocycles. The molecular formula is C17H19NO2. The summed E-state index contributed by atoms with van der Waals surface area (Å²) in [6, 6.07) is 12.0. The van der Waals surface area contributed by atoms with Gasteiger partial charge >= 0.3 is 5.97 Å². The fourth-order valence-electron chi connectivity index (χ4n) is 1.95. The lowest BCUT2D eigenvalue weighted by Crippen LogP contribution is -2.10. The van der Waals surface area contributed by atoms with Crippen LogP contribution in [-0.4, -0.2) is 18.1 Å². The number of rotatable bonds is 2. The van der Waals surface area contributed by atoms with E-state index in [2.05, 4.69) is 54.8 Å². The number of ether oxygens (including phenoxy) is 1. The average Bonchev–Trinajstić information content (AvgIpc) is 2.46. The Hall–Kier alpha value is -2.16. The summed E-state index contributed by atoms with van der Waals surface area (Å²) in [4.78, 5) is 15.5. The highest BCUT2D eigenvalue weighted by Crippen LogP contribution is 2.25. The smallest absolute Gasteiger partial charge is 0.356 e. The summed E-state index contributed by atoms with van der Waals surface area (Å²) in [7, 11) is 1.35. The van der Waals surface area contributed by atoms with Gasteiger partial charge in [0, 0.05) is 11.8 Å². The van der Waals surface area contributed by atoms with E-state index in [-0.39, 0.29) is 5.41 Å². The lowest BCUT2D eigenvalue weighted by molar-refractivity contribution is 0.0594. The Morgan fingerprint density at radius 1 is 1.00 bits per heavy atom. The van der Waals surface area contributed by atoms with Crippen molar-refractivity contribution in [3.05, 3.63) is 53.9 Å².